The van der Waals surface area contributed by atoms with E-state index in [0.717, 1.165) is 31.4 Å². The molecule has 1 aromatic carbocycles. The zero-order valence-corrected chi connectivity index (χ0v) is 11.0. The molecule has 1 amide bonds. The first-order chi connectivity index (χ1) is 9.54. The van der Waals surface area contributed by atoms with E-state index in [1.807, 2.05) is 0 Å². The summed E-state index contributed by atoms with van der Waals surface area (Å²) in [5.41, 5.74) is 5.16. The molecule has 0 bridgehead atoms. The lowest BCUT2D eigenvalue weighted by Crippen LogP contribution is -2.33. The van der Waals surface area contributed by atoms with Crippen molar-refractivity contribution in [3.05, 3.63) is 35.1 Å². The predicted octanol–water partition coefficient (Wildman–Crippen LogP) is 2.21. The van der Waals surface area contributed by atoms with E-state index in [4.69, 9.17) is 5.73 Å². The Balaban J connectivity index is 2.00. The van der Waals surface area contributed by atoms with E-state index >= 15 is 0 Å². The predicted molar refractivity (Wildman–Crippen MR) is 68.5 cm³/mol. The lowest BCUT2D eigenvalue weighted by Gasteiger charge is -2.18. The van der Waals surface area contributed by atoms with Crippen LogP contribution in [0.25, 0.3) is 0 Å². The molecule has 3 nitrogen and oxygen atoms in total. The third-order valence-corrected chi connectivity index (χ3v) is 3.92. The smallest absolute Gasteiger partial charge is 0.254 e. The summed E-state index contributed by atoms with van der Waals surface area (Å²) in [5.74, 6) is -4.51. The van der Waals surface area contributed by atoms with E-state index in [-0.39, 0.29) is 5.92 Å². The molecule has 1 aromatic rings. The first-order valence-electron chi connectivity index (χ1n) is 6.66. The Bertz CT molecular complexity index is 507. The van der Waals surface area contributed by atoms with Gasteiger partial charge in [-0.3, -0.25) is 4.79 Å². The lowest BCUT2D eigenvalue weighted by atomic mass is 9.96. The second-order valence-corrected chi connectivity index (χ2v) is 5.12. The van der Waals surface area contributed by atoms with Gasteiger partial charge >= 0.3 is 0 Å². The van der Waals surface area contributed by atoms with Crippen LogP contribution < -0.4 is 11.1 Å². The fourth-order valence-electron chi connectivity index (χ4n) is 2.71. The molecule has 0 radical (unpaired) electrons. The van der Waals surface area contributed by atoms with Crippen LogP contribution in [0.5, 0.6) is 0 Å². The number of nitrogens with two attached hydrogens (primary N) is 1. The highest BCUT2D eigenvalue weighted by molar-refractivity contribution is 5.94. The lowest BCUT2D eigenvalue weighted by molar-refractivity contribution is 0.0938. The summed E-state index contributed by atoms with van der Waals surface area (Å²) in [6, 6.07) is 1.68. The van der Waals surface area contributed by atoms with Gasteiger partial charge in [-0.15, -0.1) is 0 Å². The number of carbonyl (C=O) groups excluding carboxylic acids is 1. The molecule has 1 aliphatic rings. The standard InChI is InChI=1S/C14H17F3N2O/c15-11-5-4-10(12(16)13(11)17)14(20)19-7-9-3-1-2-8(9)6-18/h4-5,8-9H,1-3,6-7,18H2,(H,19,20). The summed E-state index contributed by atoms with van der Waals surface area (Å²) in [6.07, 6.45) is 3.04. The van der Waals surface area contributed by atoms with Crippen molar-refractivity contribution in [1.29, 1.82) is 0 Å². The van der Waals surface area contributed by atoms with Crippen LogP contribution in [0.1, 0.15) is 29.6 Å². The van der Waals surface area contributed by atoms with Crippen molar-refractivity contribution in [3.8, 4) is 0 Å². The number of nitrogens with one attached hydrogen (secondary N) is 1. The molecule has 6 heteroatoms. The zero-order chi connectivity index (χ0) is 14.7. The van der Waals surface area contributed by atoms with Gasteiger partial charge in [-0.05, 0) is 43.4 Å². The third kappa shape index (κ3) is 2.95. The van der Waals surface area contributed by atoms with Crippen LogP contribution in [0.2, 0.25) is 0 Å². The van der Waals surface area contributed by atoms with Crippen molar-refractivity contribution in [1.82, 2.24) is 5.32 Å². The number of halogens is 3. The van der Waals surface area contributed by atoms with E-state index in [1.54, 1.807) is 0 Å². The van der Waals surface area contributed by atoms with Crippen molar-refractivity contribution in [2.75, 3.05) is 13.1 Å². The van der Waals surface area contributed by atoms with Crippen molar-refractivity contribution in [3.63, 3.8) is 0 Å². The van der Waals surface area contributed by atoms with Crippen LogP contribution in [-0.4, -0.2) is 19.0 Å². The van der Waals surface area contributed by atoms with Crippen molar-refractivity contribution in [2.24, 2.45) is 17.6 Å². The molecule has 1 aliphatic carbocycles. The van der Waals surface area contributed by atoms with Gasteiger partial charge < -0.3 is 11.1 Å². The van der Waals surface area contributed by atoms with E-state index < -0.39 is 28.9 Å². The zero-order valence-electron chi connectivity index (χ0n) is 11.0. The molecule has 0 saturated heterocycles. The van der Waals surface area contributed by atoms with Crippen LogP contribution in [0.4, 0.5) is 13.2 Å². The number of hydrogen-bond acceptors (Lipinski definition) is 2. The molecule has 1 fully saturated rings. The van der Waals surface area contributed by atoms with Gasteiger partial charge in [0, 0.05) is 6.54 Å². The molecule has 0 aromatic heterocycles. The van der Waals surface area contributed by atoms with Crippen LogP contribution in [-0.2, 0) is 0 Å². The fraction of sp³-hybridized carbons (Fsp3) is 0.500. The summed E-state index contributed by atoms with van der Waals surface area (Å²) in [4.78, 5) is 11.8. The number of rotatable bonds is 4. The SMILES string of the molecule is NCC1CCCC1CNC(=O)c1ccc(F)c(F)c1F. The van der Waals surface area contributed by atoms with Gasteiger partial charge in [0.15, 0.2) is 17.5 Å². The number of benzene rings is 1. The van der Waals surface area contributed by atoms with Gasteiger partial charge in [0.05, 0.1) is 5.56 Å². The second-order valence-electron chi connectivity index (χ2n) is 5.12. The van der Waals surface area contributed by atoms with Crippen LogP contribution in [0, 0.1) is 29.3 Å². The van der Waals surface area contributed by atoms with Gasteiger partial charge in [-0.2, -0.15) is 0 Å². The molecule has 1 saturated carbocycles. The molecule has 0 spiro atoms. The molecule has 0 heterocycles. The van der Waals surface area contributed by atoms with E-state index in [9.17, 15) is 18.0 Å². The number of hydrogen-bond donors (Lipinski definition) is 2. The molecule has 0 aliphatic heterocycles. The van der Waals surface area contributed by atoms with Crippen molar-refractivity contribution < 1.29 is 18.0 Å². The molecular formula is C14H17F3N2O. The third-order valence-electron chi connectivity index (χ3n) is 3.92. The maximum absolute atomic E-state index is 13.5. The summed E-state index contributed by atoms with van der Waals surface area (Å²) in [7, 11) is 0. The van der Waals surface area contributed by atoms with Crippen LogP contribution in [0.15, 0.2) is 12.1 Å². The number of carbonyl (C=O) groups is 1. The Labute approximate surface area is 115 Å². The quantitative estimate of drug-likeness (QED) is 0.834. The highest BCUT2D eigenvalue weighted by Crippen LogP contribution is 2.30. The first kappa shape index (κ1) is 14.8. The van der Waals surface area contributed by atoms with E-state index in [1.165, 1.54) is 0 Å². The Morgan fingerprint density at radius 1 is 1.20 bits per heavy atom. The monoisotopic (exact) mass is 286 g/mol. The summed E-state index contributed by atoms with van der Waals surface area (Å²) >= 11 is 0. The highest BCUT2D eigenvalue weighted by atomic mass is 19.2. The molecule has 20 heavy (non-hydrogen) atoms. The molecule has 3 N–H and O–H groups in total. The summed E-state index contributed by atoms with van der Waals surface area (Å²) in [5, 5.41) is 2.57. The second kappa shape index (κ2) is 6.26. The summed E-state index contributed by atoms with van der Waals surface area (Å²) in [6.45, 7) is 0.930. The first-order valence-corrected chi connectivity index (χ1v) is 6.66. The van der Waals surface area contributed by atoms with Gasteiger partial charge in [-0.1, -0.05) is 6.42 Å². The van der Waals surface area contributed by atoms with Gasteiger partial charge in [-0.25, -0.2) is 13.2 Å². The topological polar surface area (TPSA) is 55.1 Å². The average Bonchev–Trinajstić information content (AvgIpc) is 2.90. The van der Waals surface area contributed by atoms with Crippen LogP contribution in [0.3, 0.4) is 0 Å². The van der Waals surface area contributed by atoms with Gasteiger partial charge in [0.1, 0.15) is 0 Å². The Hall–Kier alpha value is -1.56. The number of amides is 1. The maximum atomic E-state index is 13.5. The van der Waals surface area contributed by atoms with Crippen molar-refractivity contribution >= 4 is 5.91 Å². The highest BCUT2D eigenvalue weighted by Gasteiger charge is 2.27. The summed E-state index contributed by atoms with van der Waals surface area (Å²) < 4.78 is 39.3. The average molecular weight is 286 g/mol. The van der Waals surface area contributed by atoms with Gasteiger partial charge in [0.25, 0.3) is 5.91 Å². The molecule has 2 atom stereocenters. The molecule has 110 valence electrons. The fourth-order valence-corrected chi connectivity index (χ4v) is 2.71. The normalized spacial score (nSPS) is 22.0. The molecular weight excluding hydrogens is 269 g/mol. The Kier molecular flexibility index (Phi) is 4.65. The van der Waals surface area contributed by atoms with E-state index in [0.29, 0.717) is 19.0 Å². The maximum Gasteiger partial charge on any atom is 0.254 e. The minimum Gasteiger partial charge on any atom is -0.352 e. The van der Waals surface area contributed by atoms with Crippen LogP contribution >= 0.6 is 0 Å². The van der Waals surface area contributed by atoms with E-state index in [2.05, 4.69) is 5.32 Å². The van der Waals surface area contributed by atoms with Crippen molar-refractivity contribution in [2.45, 2.75) is 19.3 Å². The van der Waals surface area contributed by atoms with Gasteiger partial charge in [0.2, 0.25) is 0 Å². The largest absolute Gasteiger partial charge is 0.352 e. The minimum absolute atomic E-state index is 0.261. The minimum atomic E-state index is -1.63. The Morgan fingerprint density at radius 3 is 2.60 bits per heavy atom. The molecule has 2 rings (SSSR count). The molecule has 2 unspecified atom stereocenters. The Morgan fingerprint density at radius 2 is 1.90 bits per heavy atom.